The molecule has 80 valence electrons. The van der Waals surface area contributed by atoms with E-state index in [2.05, 4.69) is 39.5 Å². The van der Waals surface area contributed by atoms with E-state index in [0.29, 0.717) is 0 Å². The van der Waals surface area contributed by atoms with Crippen LogP contribution in [0.25, 0.3) is 0 Å². The molecular formula is C14H24. The van der Waals surface area contributed by atoms with Crippen molar-refractivity contribution in [3.05, 3.63) is 36.0 Å². The normalized spacial score (nSPS) is 13.1. The van der Waals surface area contributed by atoms with Gasteiger partial charge >= 0.3 is 0 Å². The molecule has 0 nitrogen and oxygen atoms in total. The fourth-order valence-corrected chi connectivity index (χ4v) is 1.54. The highest BCUT2D eigenvalue weighted by Crippen LogP contribution is 2.13. The highest BCUT2D eigenvalue weighted by molar-refractivity contribution is 5.08. The van der Waals surface area contributed by atoms with Crippen molar-refractivity contribution in [3.8, 4) is 0 Å². The second kappa shape index (κ2) is 8.80. The molecule has 0 radical (unpaired) electrons. The van der Waals surface area contributed by atoms with Gasteiger partial charge in [-0.1, -0.05) is 43.2 Å². The van der Waals surface area contributed by atoms with Crippen LogP contribution in [0.3, 0.4) is 0 Å². The van der Waals surface area contributed by atoms with Gasteiger partial charge in [0.15, 0.2) is 0 Å². The summed E-state index contributed by atoms with van der Waals surface area (Å²) >= 11 is 0. The van der Waals surface area contributed by atoms with Crippen molar-refractivity contribution in [2.45, 2.75) is 52.9 Å². The molecule has 0 N–H and O–H groups in total. The van der Waals surface area contributed by atoms with E-state index in [-0.39, 0.29) is 0 Å². The molecule has 0 bridgehead atoms. The SMILES string of the molecule is C=CC/C(=C/CC/C(=C/C)CC)CC. The highest BCUT2D eigenvalue weighted by atomic mass is 14.0. The summed E-state index contributed by atoms with van der Waals surface area (Å²) in [7, 11) is 0. The molecule has 14 heavy (non-hydrogen) atoms. The van der Waals surface area contributed by atoms with Gasteiger partial charge in [0.25, 0.3) is 0 Å². The lowest BCUT2D eigenvalue weighted by Crippen LogP contribution is -1.83. The summed E-state index contributed by atoms with van der Waals surface area (Å²) in [5.74, 6) is 0. The molecule has 0 rings (SSSR count). The maximum Gasteiger partial charge on any atom is -0.0142 e. The lowest BCUT2D eigenvalue weighted by Gasteiger charge is -2.03. The molecule has 0 aliphatic rings. The minimum atomic E-state index is 1.05. The lowest BCUT2D eigenvalue weighted by molar-refractivity contribution is 0.886. The fraction of sp³-hybridized carbons (Fsp3) is 0.571. The van der Waals surface area contributed by atoms with Crippen molar-refractivity contribution < 1.29 is 0 Å². The summed E-state index contributed by atoms with van der Waals surface area (Å²) in [5.41, 5.74) is 3.09. The molecule has 0 heterocycles. The van der Waals surface area contributed by atoms with E-state index >= 15 is 0 Å². The summed E-state index contributed by atoms with van der Waals surface area (Å²) in [6, 6.07) is 0. The van der Waals surface area contributed by atoms with E-state index < -0.39 is 0 Å². The third kappa shape index (κ3) is 5.80. The van der Waals surface area contributed by atoms with Gasteiger partial charge in [0.05, 0.1) is 0 Å². The molecule has 0 heteroatoms. The van der Waals surface area contributed by atoms with Gasteiger partial charge in [0.1, 0.15) is 0 Å². The summed E-state index contributed by atoms with van der Waals surface area (Å²) < 4.78 is 0. The fourth-order valence-electron chi connectivity index (χ4n) is 1.54. The second-order valence-electron chi connectivity index (χ2n) is 3.55. The zero-order chi connectivity index (χ0) is 10.8. The van der Waals surface area contributed by atoms with Gasteiger partial charge in [-0.3, -0.25) is 0 Å². The predicted octanol–water partition coefficient (Wildman–Crippen LogP) is 5.04. The zero-order valence-corrected chi connectivity index (χ0v) is 9.97. The minimum absolute atomic E-state index is 1.05. The van der Waals surface area contributed by atoms with Crippen molar-refractivity contribution in [1.82, 2.24) is 0 Å². The van der Waals surface area contributed by atoms with Crippen LogP contribution >= 0.6 is 0 Å². The molecule has 0 aliphatic carbocycles. The Balaban J connectivity index is 3.94. The van der Waals surface area contributed by atoms with Crippen LogP contribution in [-0.2, 0) is 0 Å². The van der Waals surface area contributed by atoms with Crippen molar-refractivity contribution in [3.63, 3.8) is 0 Å². The van der Waals surface area contributed by atoms with Crippen LogP contribution in [0, 0.1) is 0 Å². The molecule has 0 aromatic carbocycles. The molecule has 0 unspecified atom stereocenters. The van der Waals surface area contributed by atoms with Gasteiger partial charge in [-0.25, -0.2) is 0 Å². The third-order valence-corrected chi connectivity index (χ3v) is 2.62. The Kier molecular flexibility index (Phi) is 8.31. The molecule has 0 atom stereocenters. The molecule has 0 saturated heterocycles. The standard InChI is InChI=1S/C14H24/c1-5-10-14(8-4)12-9-11-13(6-2)7-3/h5-6,12H,1,7-11H2,2-4H3/b13-6+,14-12+. The van der Waals surface area contributed by atoms with Gasteiger partial charge < -0.3 is 0 Å². The summed E-state index contributed by atoms with van der Waals surface area (Å²) in [6.45, 7) is 10.3. The smallest absolute Gasteiger partial charge is 0.0142 e. The molecule has 0 saturated carbocycles. The Morgan fingerprint density at radius 3 is 2.21 bits per heavy atom. The van der Waals surface area contributed by atoms with Crippen LogP contribution in [-0.4, -0.2) is 0 Å². The van der Waals surface area contributed by atoms with Crippen molar-refractivity contribution in [2.75, 3.05) is 0 Å². The first-order valence-corrected chi connectivity index (χ1v) is 5.71. The van der Waals surface area contributed by atoms with Gasteiger partial charge in [0.2, 0.25) is 0 Å². The molecule has 0 aliphatic heterocycles. The van der Waals surface area contributed by atoms with E-state index in [1.165, 1.54) is 24.8 Å². The Morgan fingerprint density at radius 2 is 1.79 bits per heavy atom. The third-order valence-electron chi connectivity index (χ3n) is 2.62. The van der Waals surface area contributed by atoms with Crippen LogP contribution < -0.4 is 0 Å². The number of allylic oxidation sites excluding steroid dienone is 5. The van der Waals surface area contributed by atoms with Crippen LogP contribution in [0.2, 0.25) is 0 Å². The van der Waals surface area contributed by atoms with E-state index in [1.54, 1.807) is 5.57 Å². The maximum atomic E-state index is 3.77. The quantitative estimate of drug-likeness (QED) is 0.496. The van der Waals surface area contributed by atoms with Gasteiger partial charge in [-0.2, -0.15) is 0 Å². The van der Waals surface area contributed by atoms with Crippen molar-refractivity contribution in [1.29, 1.82) is 0 Å². The minimum Gasteiger partial charge on any atom is -0.103 e. The Morgan fingerprint density at radius 1 is 1.14 bits per heavy atom. The lowest BCUT2D eigenvalue weighted by atomic mass is 10.0. The van der Waals surface area contributed by atoms with Crippen molar-refractivity contribution in [2.24, 2.45) is 0 Å². The number of rotatable bonds is 7. The van der Waals surface area contributed by atoms with Gasteiger partial charge in [-0.15, -0.1) is 6.58 Å². The molecule has 0 aromatic heterocycles. The topological polar surface area (TPSA) is 0 Å². The average molecular weight is 192 g/mol. The maximum absolute atomic E-state index is 3.77. The summed E-state index contributed by atoms with van der Waals surface area (Å²) in [5, 5.41) is 0. The molecule has 0 spiro atoms. The second-order valence-corrected chi connectivity index (χ2v) is 3.55. The first-order chi connectivity index (χ1) is 6.78. The monoisotopic (exact) mass is 192 g/mol. The first kappa shape index (κ1) is 13.2. The average Bonchev–Trinajstić information content (AvgIpc) is 2.23. The van der Waals surface area contributed by atoms with Crippen LogP contribution in [0.5, 0.6) is 0 Å². The Bertz CT molecular complexity index is 206. The Hall–Kier alpha value is -0.780. The van der Waals surface area contributed by atoms with Gasteiger partial charge in [-0.05, 0) is 39.0 Å². The van der Waals surface area contributed by atoms with Crippen LogP contribution in [0.1, 0.15) is 52.9 Å². The van der Waals surface area contributed by atoms with Crippen LogP contribution in [0.15, 0.2) is 36.0 Å². The van der Waals surface area contributed by atoms with E-state index in [0.717, 1.165) is 12.8 Å². The Labute approximate surface area is 89.4 Å². The highest BCUT2D eigenvalue weighted by Gasteiger charge is 1.93. The van der Waals surface area contributed by atoms with E-state index in [9.17, 15) is 0 Å². The largest absolute Gasteiger partial charge is 0.103 e. The molecule has 0 amide bonds. The van der Waals surface area contributed by atoms with Crippen molar-refractivity contribution >= 4 is 0 Å². The number of hydrogen-bond donors (Lipinski definition) is 0. The molecule has 0 fully saturated rings. The zero-order valence-electron chi connectivity index (χ0n) is 9.97. The molecular weight excluding hydrogens is 168 g/mol. The predicted molar refractivity (Wildman–Crippen MR) is 66.5 cm³/mol. The van der Waals surface area contributed by atoms with E-state index in [1.807, 2.05) is 6.08 Å². The van der Waals surface area contributed by atoms with E-state index in [4.69, 9.17) is 0 Å². The molecule has 0 aromatic rings. The first-order valence-electron chi connectivity index (χ1n) is 5.71. The summed E-state index contributed by atoms with van der Waals surface area (Å²) in [4.78, 5) is 0. The summed E-state index contributed by atoms with van der Waals surface area (Å²) in [6.07, 6.45) is 12.4. The van der Waals surface area contributed by atoms with Crippen LogP contribution in [0.4, 0.5) is 0 Å². The number of hydrogen-bond acceptors (Lipinski definition) is 0. The van der Waals surface area contributed by atoms with Gasteiger partial charge in [0, 0.05) is 0 Å².